The Morgan fingerprint density at radius 1 is 1.25 bits per heavy atom. The zero-order valence-corrected chi connectivity index (χ0v) is 11.8. The van der Waals surface area contributed by atoms with Gasteiger partial charge in [0.15, 0.2) is 0 Å². The average Bonchev–Trinajstić information content (AvgIpc) is 2.83. The Kier molecular flexibility index (Phi) is 3.21. The summed E-state index contributed by atoms with van der Waals surface area (Å²) in [5.74, 6) is -0.0453. The van der Waals surface area contributed by atoms with Crippen LogP contribution in [-0.2, 0) is 4.79 Å². The van der Waals surface area contributed by atoms with Gasteiger partial charge in [0.2, 0.25) is 0 Å². The van der Waals surface area contributed by atoms with Gasteiger partial charge in [-0.2, -0.15) is 0 Å². The van der Waals surface area contributed by atoms with Crippen molar-refractivity contribution < 1.29 is 4.79 Å². The second-order valence-corrected chi connectivity index (χ2v) is 5.31. The Bertz CT molecular complexity index is 568. The second-order valence-electron chi connectivity index (χ2n) is 5.31. The number of nitrogens with zero attached hydrogens (tertiary/aromatic N) is 2. The van der Waals surface area contributed by atoms with Crippen molar-refractivity contribution in [1.29, 1.82) is 0 Å². The molecular formula is C14H19N5O. The van der Waals surface area contributed by atoms with Gasteiger partial charge >= 0.3 is 0 Å². The number of nitrogens with one attached hydrogen (secondary N) is 3. The molecule has 2 heterocycles. The van der Waals surface area contributed by atoms with Crippen LogP contribution in [0.15, 0.2) is 36.0 Å². The second kappa shape index (κ2) is 4.90. The fraction of sp³-hybridized carbons (Fsp3) is 0.357. The van der Waals surface area contributed by atoms with Gasteiger partial charge in [0.05, 0.1) is 11.3 Å². The monoisotopic (exact) mass is 273 g/mol. The van der Waals surface area contributed by atoms with E-state index in [9.17, 15) is 4.79 Å². The molecule has 3 N–H and O–H groups in total. The first-order valence-electron chi connectivity index (χ1n) is 6.62. The summed E-state index contributed by atoms with van der Waals surface area (Å²) in [6, 6.07) is 8.06. The molecule has 1 aromatic carbocycles. The SMILES string of the molecule is Cc1ccccc1N1C=C2C(=O)NC(N(C)C)NC2N1. The van der Waals surface area contributed by atoms with Crippen molar-refractivity contribution in [1.82, 2.24) is 21.0 Å². The molecule has 3 rings (SSSR count). The Hall–Kier alpha value is -1.89. The third-order valence-electron chi connectivity index (χ3n) is 3.59. The molecule has 0 saturated carbocycles. The summed E-state index contributed by atoms with van der Waals surface area (Å²) in [5.41, 5.74) is 6.21. The normalized spacial score (nSPS) is 25.5. The summed E-state index contributed by atoms with van der Waals surface area (Å²) in [4.78, 5) is 14.1. The smallest absolute Gasteiger partial charge is 0.254 e. The molecule has 1 aromatic rings. The van der Waals surface area contributed by atoms with Crippen molar-refractivity contribution in [2.45, 2.75) is 19.4 Å². The molecule has 0 spiro atoms. The van der Waals surface area contributed by atoms with Crippen LogP contribution in [0.2, 0.25) is 0 Å². The molecule has 2 aliphatic rings. The van der Waals surface area contributed by atoms with Gasteiger partial charge in [-0.3, -0.25) is 20.0 Å². The van der Waals surface area contributed by atoms with E-state index in [0.29, 0.717) is 5.57 Å². The molecule has 2 atom stereocenters. The zero-order valence-electron chi connectivity index (χ0n) is 11.8. The van der Waals surface area contributed by atoms with Crippen molar-refractivity contribution in [3.8, 4) is 0 Å². The van der Waals surface area contributed by atoms with E-state index in [1.807, 2.05) is 61.4 Å². The van der Waals surface area contributed by atoms with Gasteiger partial charge in [0.25, 0.3) is 5.91 Å². The molecule has 6 heteroatoms. The van der Waals surface area contributed by atoms with E-state index >= 15 is 0 Å². The molecule has 6 nitrogen and oxygen atoms in total. The highest BCUT2D eigenvalue weighted by Crippen LogP contribution is 2.24. The number of rotatable bonds is 2. The minimum absolute atomic E-state index is 0.0453. The van der Waals surface area contributed by atoms with Gasteiger partial charge in [-0.1, -0.05) is 18.2 Å². The van der Waals surface area contributed by atoms with Crippen LogP contribution in [0.5, 0.6) is 0 Å². The van der Waals surface area contributed by atoms with Gasteiger partial charge < -0.3 is 5.32 Å². The van der Waals surface area contributed by atoms with Crippen LogP contribution in [0, 0.1) is 6.92 Å². The van der Waals surface area contributed by atoms with E-state index in [2.05, 4.69) is 16.1 Å². The summed E-state index contributed by atoms with van der Waals surface area (Å²) < 4.78 is 0. The van der Waals surface area contributed by atoms with E-state index in [1.54, 1.807) is 0 Å². The van der Waals surface area contributed by atoms with E-state index in [0.717, 1.165) is 11.3 Å². The van der Waals surface area contributed by atoms with E-state index in [4.69, 9.17) is 0 Å². The molecule has 0 bridgehead atoms. The average molecular weight is 273 g/mol. The van der Waals surface area contributed by atoms with E-state index in [1.165, 1.54) is 0 Å². The molecule has 0 aliphatic carbocycles. The highest BCUT2D eigenvalue weighted by molar-refractivity contribution is 5.96. The van der Waals surface area contributed by atoms with Crippen LogP contribution in [0.25, 0.3) is 0 Å². The quantitative estimate of drug-likeness (QED) is 0.713. The first-order valence-corrected chi connectivity index (χ1v) is 6.62. The minimum Gasteiger partial charge on any atom is -0.324 e. The molecule has 1 fully saturated rings. The fourth-order valence-electron chi connectivity index (χ4n) is 2.43. The number of carbonyl (C=O) groups is 1. The molecule has 2 unspecified atom stereocenters. The summed E-state index contributed by atoms with van der Waals surface area (Å²) in [5, 5.41) is 8.15. The van der Waals surface area contributed by atoms with Crippen molar-refractivity contribution in [3.63, 3.8) is 0 Å². The van der Waals surface area contributed by atoms with Gasteiger partial charge in [-0.05, 0) is 32.6 Å². The van der Waals surface area contributed by atoms with Crippen molar-refractivity contribution in [2.75, 3.05) is 19.1 Å². The van der Waals surface area contributed by atoms with Crippen LogP contribution in [0.1, 0.15) is 5.56 Å². The number of aryl methyl sites for hydroxylation is 1. The number of amides is 1. The number of hydrogen-bond donors (Lipinski definition) is 3. The first kappa shape index (κ1) is 13.1. The topological polar surface area (TPSA) is 59.6 Å². The lowest BCUT2D eigenvalue weighted by Crippen LogP contribution is -2.65. The Balaban J connectivity index is 1.85. The molecule has 20 heavy (non-hydrogen) atoms. The number of anilines is 1. The zero-order chi connectivity index (χ0) is 14.3. The number of para-hydroxylation sites is 1. The minimum atomic E-state index is -0.172. The molecular weight excluding hydrogens is 254 g/mol. The van der Waals surface area contributed by atoms with Gasteiger partial charge in [0, 0.05) is 6.20 Å². The number of carbonyl (C=O) groups excluding carboxylic acids is 1. The highest BCUT2D eigenvalue weighted by Gasteiger charge is 2.37. The number of hydrazine groups is 1. The van der Waals surface area contributed by atoms with Gasteiger partial charge in [-0.25, -0.2) is 5.43 Å². The predicted octanol–water partition coefficient (Wildman–Crippen LogP) is 0.0942. The maximum atomic E-state index is 12.1. The Morgan fingerprint density at radius 2 is 2.00 bits per heavy atom. The first-order chi connectivity index (χ1) is 9.56. The Morgan fingerprint density at radius 3 is 2.70 bits per heavy atom. The molecule has 106 valence electrons. The lowest BCUT2D eigenvalue weighted by Gasteiger charge is -2.34. The summed E-state index contributed by atoms with van der Waals surface area (Å²) in [6.07, 6.45) is 1.51. The highest BCUT2D eigenvalue weighted by atomic mass is 16.2. The van der Waals surface area contributed by atoms with Crippen LogP contribution in [0.4, 0.5) is 5.69 Å². The standard InChI is InChI=1S/C14H19N5O/c1-9-6-4-5-7-11(9)19-8-10-12(17-19)15-14(18(2)3)16-13(10)20/h4-8,12,14-15,17H,1-3H3,(H,16,20). The number of benzene rings is 1. The molecule has 1 saturated heterocycles. The maximum absolute atomic E-state index is 12.1. The summed E-state index contributed by atoms with van der Waals surface area (Å²) in [6.45, 7) is 2.05. The van der Waals surface area contributed by atoms with Gasteiger partial charge in [-0.15, -0.1) is 0 Å². The van der Waals surface area contributed by atoms with E-state index in [-0.39, 0.29) is 18.4 Å². The van der Waals surface area contributed by atoms with Crippen LogP contribution in [0.3, 0.4) is 0 Å². The van der Waals surface area contributed by atoms with Crippen molar-refractivity contribution in [2.24, 2.45) is 0 Å². The van der Waals surface area contributed by atoms with Crippen LogP contribution < -0.4 is 21.1 Å². The van der Waals surface area contributed by atoms with Crippen LogP contribution in [-0.4, -0.2) is 37.4 Å². The third kappa shape index (κ3) is 2.18. The molecule has 1 amide bonds. The molecule has 0 aromatic heterocycles. The molecule has 2 aliphatic heterocycles. The lowest BCUT2D eigenvalue weighted by molar-refractivity contribution is -0.121. The summed E-state index contributed by atoms with van der Waals surface area (Å²) in [7, 11) is 3.83. The Labute approximate surface area is 118 Å². The van der Waals surface area contributed by atoms with E-state index < -0.39 is 0 Å². The number of fused-ring (bicyclic) bond motifs is 1. The van der Waals surface area contributed by atoms with Gasteiger partial charge in [0.1, 0.15) is 12.5 Å². The van der Waals surface area contributed by atoms with Crippen LogP contribution >= 0.6 is 0 Å². The maximum Gasteiger partial charge on any atom is 0.254 e. The van der Waals surface area contributed by atoms with Crippen molar-refractivity contribution in [3.05, 3.63) is 41.6 Å². The summed E-state index contributed by atoms with van der Waals surface area (Å²) >= 11 is 0. The fourth-order valence-corrected chi connectivity index (χ4v) is 2.43. The lowest BCUT2D eigenvalue weighted by atomic mass is 10.2. The molecule has 0 radical (unpaired) electrons. The third-order valence-corrected chi connectivity index (χ3v) is 3.59. The predicted molar refractivity (Wildman–Crippen MR) is 77.4 cm³/mol. The van der Waals surface area contributed by atoms with Crippen molar-refractivity contribution >= 4 is 11.6 Å². The number of hydrogen-bond acceptors (Lipinski definition) is 5. The largest absolute Gasteiger partial charge is 0.324 e.